The van der Waals surface area contributed by atoms with Crippen LogP contribution < -0.4 is 5.73 Å². The fourth-order valence-corrected chi connectivity index (χ4v) is 2.23. The van der Waals surface area contributed by atoms with Crippen molar-refractivity contribution in [2.24, 2.45) is 5.73 Å². The third-order valence-electron chi connectivity index (χ3n) is 3.76. The summed E-state index contributed by atoms with van der Waals surface area (Å²) in [7, 11) is 2.09. The van der Waals surface area contributed by atoms with Gasteiger partial charge in [-0.2, -0.15) is 0 Å². The molecule has 0 saturated carbocycles. The van der Waals surface area contributed by atoms with Crippen molar-refractivity contribution in [3.05, 3.63) is 35.5 Å². The zero-order valence-electron chi connectivity index (χ0n) is 13.6. The molecule has 1 amide bonds. The van der Waals surface area contributed by atoms with Crippen molar-refractivity contribution in [3.63, 3.8) is 0 Å². The van der Waals surface area contributed by atoms with Crippen LogP contribution in [-0.4, -0.2) is 55.5 Å². The Bertz CT molecular complexity index is 416. The molecular weight excluding hydrogens is 262 g/mol. The van der Waals surface area contributed by atoms with Gasteiger partial charge in [-0.25, -0.2) is 0 Å². The lowest BCUT2D eigenvalue weighted by Crippen LogP contribution is -2.47. The van der Waals surface area contributed by atoms with Crippen molar-refractivity contribution < 1.29 is 4.79 Å². The molecule has 0 atom stereocenters. The molecule has 1 heterocycles. The minimum absolute atomic E-state index is 0.119. The SMILES string of the molecule is C\C=C(/C=C\C(=C\CCC)CN)C(=O)N1CCN(C)CC1. The van der Waals surface area contributed by atoms with Crippen LogP contribution in [0.3, 0.4) is 0 Å². The van der Waals surface area contributed by atoms with Gasteiger partial charge in [-0.3, -0.25) is 4.79 Å². The van der Waals surface area contributed by atoms with Gasteiger partial charge < -0.3 is 15.5 Å². The summed E-state index contributed by atoms with van der Waals surface area (Å²) < 4.78 is 0. The van der Waals surface area contributed by atoms with E-state index in [-0.39, 0.29) is 5.91 Å². The molecule has 0 aromatic rings. The normalized spacial score (nSPS) is 18.6. The Morgan fingerprint density at radius 1 is 1.19 bits per heavy atom. The molecule has 2 N–H and O–H groups in total. The molecule has 0 spiro atoms. The fraction of sp³-hybridized carbons (Fsp3) is 0.588. The van der Waals surface area contributed by atoms with Crippen LogP contribution in [0, 0.1) is 0 Å². The van der Waals surface area contributed by atoms with Gasteiger partial charge >= 0.3 is 0 Å². The number of likely N-dealkylation sites (N-methyl/N-ethyl adjacent to an activating group) is 1. The Morgan fingerprint density at radius 2 is 1.86 bits per heavy atom. The second-order valence-electron chi connectivity index (χ2n) is 5.44. The summed E-state index contributed by atoms with van der Waals surface area (Å²) in [5.41, 5.74) is 7.57. The van der Waals surface area contributed by atoms with Gasteiger partial charge in [0, 0.05) is 38.3 Å². The molecule has 4 heteroatoms. The van der Waals surface area contributed by atoms with E-state index in [1.807, 2.05) is 30.1 Å². The highest BCUT2D eigenvalue weighted by molar-refractivity contribution is 5.96. The second-order valence-corrected chi connectivity index (χ2v) is 5.44. The molecular formula is C17H29N3O. The van der Waals surface area contributed by atoms with Crippen LogP contribution in [0.25, 0.3) is 0 Å². The zero-order valence-corrected chi connectivity index (χ0v) is 13.6. The van der Waals surface area contributed by atoms with E-state index in [4.69, 9.17) is 5.73 Å². The van der Waals surface area contributed by atoms with E-state index >= 15 is 0 Å². The third kappa shape index (κ3) is 5.86. The molecule has 0 aliphatic carbocycles. The highest BCUT2D eigenvalue weighted by atomic mass is 16.2. The van der Waals surface area contributed by atoms with Crippen LogP contribution in [0.2, 0.25) is 0 Å². The summed E-state index contributed by atoms with van der Waals surface area (Å²) in [5, 5.41) is 0. The molecule has 0 unspecified atom stereocenters. The summed E-state index contributed by atoms with van der Waals surface area (Å²) in [6, 6.07) is 0. The molecule has 0 bridgehead atoms. The lowest BCUT2D eigenvalue weighted by Gasteiger charge is -2.32. The number of rotatable bonds is 6. The molecule has 4 nitrogen and oxygen atoms in total. The van der Waals surface area contributed by atoms with Crippen molar-refractivity contribution >= 4 is 5.91 Å². The second kappa shape index (κ2) is 9.53. The van der Waals surface area contributed by atoms with E-state index in [0.29, 0.717) is 6.54 Å². The fourth-order valence-electron chi connectivity index (χ4n) is 2.23. The predicted octanol–water partition coefficient (Wildman–Crippen LogP) is 1.95. The molecule has 1 aliphatic rings. The number of nitrogens with two attached hydrogens (primary N) is 1. The van der Waals surface area contributed by atoms with E-state index in [0.717, 1.165) is 50.2 Å². The minimum atomic E-state index is 0.119. The molecule has 1 saturated heterocycles. The summed E-state index contributed by atoms with van der Waals surface area (Å²) in [5.74, 6) is 0.119. The number of carbonyl (C=O) groups is 1. The number of unbranched alkanes of at least 4 members (excludes halogenated alkanes) is 1. The Labute approximate surface area is 129 Å². The Kier molecular flexibility index (Phi) is 8.01. The summed E-state index contributed by atoms with van der Waals surface area (Å²) in [6.45, 7) is 8.05. The van der Waals surface area contributed by atoms with Gasteiger partial charge in [0.2, 0.25) is 0 Å². The third-order valence-corrected chi connectivity index (χ3v) is 3.76. The maximum Gasteiger partial charge on any atom is 0.253 e. The molecule has 21 heavy (non-hydrogen) atoms. The van der Waals surface area contributed by atoms with Crippen LogP contribution >= 0.6 is 0 Å². The van der Waals surface area contributed by atoms with Gasteiger partial charge in [-0.15, -0.1) is 0 Å². The number of piperazine rings is 1. The minimum Gasteiger partial charge on any atom is -0.336 e. The topological polar surface area (TPSA) is 49.6 Å². The molecule has 1 fully saturated rings. The van der Waals surface area contributed by atoms with Gasteiger partial charge in [0.15, 0.2) is 0 Å². The first-order valence-corrected chi connectivity index (χ1v) is 7.83. The quantitative estimate of drug-likeness (QED) is 0.601. The number of amides is 1. The summed E-state index contributed by atoms with van der Waals surface area (Å²) in [6.07, 6.45) is 10.0. The Balaban J connectivity index is 2.68. The number of nitrogens with zero attached hydrogens (tertiary/aromatic N) is 2. The maximum atomic E-state index is 12.5. The van der Waals surface area contributed by atoms with Crippen molar-refractivity contribution in [2.75, 3.05) is 39.8 Å². The standard InChI is InChI=1S/C17H29N3O/c1-4-6-7-15(14-18)8-9-16(5-2)17(21)20-12-10-19(3)11-13-20/h5,7-9H,4,6,10-14,18H2,1-3H3/b9-8-,15-7-,16-5+. The van der Waals surface area contributed by atoms with E-state index in [2.05, 4.69) is 24.9 Å². The number of hydrogen-bond acceptors (Lipinski definition) is 3. The average molecular weight is 291 g/mol. The Hall–Kier alpha value is -1.39. The predicted molar refractivity (Wildman–Crippen MR) is 89.0 cm³/mol. The van der Waals surface area contributed by atoms with Gasteiger partial charge in [-0.1, -0.05) is 31.6 Å². The lowest BCUT2D eigenvalue weighted by molar-refractivity contribution is -0.128. The average Bonchev–Trinajstić information content (AvgIpc) is 2.51. The van der Waals surface area contributed by atoms with E-state index in [9.17, 15) is 4.79 Å². The van der Waals surface area contributed by atoms with E-state index in [1.54, 1.807) is 0 Å². The molecule has 0 aromatic carbocycles. The van der Waals surface area contributed by atoms with Crippen LogP contribution in [0.5, 0.6) is 0 Å². The largest absolute Gasteiger partial charge is 0.336 e. The zero-order chi connectivity index (χ0) is 15.7. The first-order chi connectivity index (χ1) is 10.1. The van der Waals surface area contributed by atoms with Crippen LogP contribution in [0.4, 0.5) is 0 Å². The first-order valence-electron chi connectivity index (χ1n) is 7.83. The van der Waals surface area contributed by atoms with Gasteiger partial charge in [0.05, 0.1) is 0 Å². The van der Waals surface area contributed by atoms with Gasteiger partial charge in [0.25, 0.3) is 5.91 Å². The number of hydrogen-bond donors (Lipinski definition) is 1. The van der Waals surface area contributed by atoms with Gasteiger partial charge in [0.1, 0.15) is 0 Å². The van der Waals surface area contributed by atoms with Crippen molar-refractivity contribution in [1.29, 1.82) is 0 Å². The molecule has 1 rings (SSSR count). The number of allylic oxidation sites excluding steroid dienone is 2. The highest BCUT2D eigenvalue weighted by Crippen LogP contribution is 2.09. The highest BCUT2D eigenvalue weighted by Gasteiger charge is 2.20. The smallest absolute Gasteiger partial charge is 0.253 e. The summed E-state index contributed by atoms with van der Waals surface area (Å²) in [4.78, 5) is 16.7. The molecule has 0 aromatic heterocycles. The molecule has 0 radical (unpaired) electrons. The van der Waals surface area contributed by atoms with Crippen LogP contribution in [0.15, 0.2) is 35.5 Å². The van der Waals surface area contributed by atoms with Crippen LogP contribution in [-0.2, 0) is 4.79 Å². The lowest BCUT2D eigenvalue weighted by atomic mass is 10.1. The van der Waals surface area contributed by atoms with E-state index < -0.39 is 0 Å². The molecule has 1 aliphatic heterocycles. The van der Waals surface area contributed by atoms with E-state index in [1.165, 1.54) is 0 Å². The summed E-state index contributed by atoms with van der Waals surface area (Å²) >= 11 is 0. The monoisotopic (exact) mass is 291 g/mol. The first kappa shape index (κ1) is 17.7. The maximum absolute atomic E-state index is 12.5. The van der Waals surface area contributed by atoms with Gasteiger partial charge in [-0.05, 0) is 32.0 Å². The van der Waals surface area contributed by atoms with Crippen molar-refractivity contribution in [3.8, 4) is 0 Å². The van der Waals surface area contributed by atoms with Crippen molar-refractivity contribution in [1.82, 2.24) is 9.80 Å². The van der Waals surface area contributed by atoms with Crippen LogP contribution in [0.1, 0.15) is 26.7 Å². The molecule has 118 valence electrons. The van der Waals surface area contributed by atoms with Crippen molar-refractivity contribution in [2.45, 2.75) is 26.7 Å². The number of carbonyl (C=O) groups excluding carboxylic acids is 1. The Morgan fingerprint density at radius 3 is 2.38 bits per heavy atom.